The minimum absolute atomic E-state index is 0.00805. The molecule has 4 saturated carbocycles. The van der Waals surface area contributed by atoms with Gasteiger partial charge in [-0.1, -0.05) is 59.6 Å². The van der Waals surface area contributed by atoms with Crippen LogP contribution in [-0.2, 0) is 4.79 Å². The molecule has 0 aromatic heterocycles. The first-order valence-electron chi connectivity index (χ1n) is 17.3. The number of hydrogen-bond acceptors (Lipinski definition) is 4. The summed E-state index contributed by atoms with van der Waals surface area (Å²) in [4.78, 5) is 16.8. The summed E-state index contributed by atoms with van der Waals surface area (Å²) in [7, 11) is 0. The summed E-state index contributed by atoms with van der Waals surface area (Å²) in [5.41, 5.74) is 3.92. The lowest BCUT2D eigenvalue weighted by atomic mass is 9.34. The van der Waals surface area contributed by atoms with Crippen LogP contribution >= 0.6 is 0 Å². The summed E-state index contributed by atoms with van der Waals surface area (Å²) in [6.45, 7) is 23.5. The monoisotopic (exact) mass is 567 g/mol. The lowest BCUT2D eigenvalue weighted by Crippen LogP contribution is -2.64. The highest BCUT2D eigenvalue weighted by Crippen LogP contribution is 2.75. The van der Waals surface area contributed by atoms with Gasteiger partial charge in [0.25, 0.3) is 0 Å². The number of carbonyl (C=O) groups is 1. The third-order valence-electron chi connectivity index (χ3n) is 14.9. The van der Waals surface area contributed by atoms with Crippen LogP contribution in [-0.4, -0.2) is 61.3 Å². The van der Waals surface area contributed by atoms with E-state index in [4.69, 9.17) is 0 Å². The van der Waals surface area contributed by atoms with Gasteiger partial charge in [-0.2, -0.15) is 0 Å². The molecule has 1 amide bonds. The molecule has 3 N–H and O–H groups in total. The number of aliphatic hydroxyl groups excluding tert-OH is 1. The van der Waals surface area contributed by atoms with Crippen LogP contribution in [0.25, 0.3) is 0 Å². The number of piperazine rings is 1. The fourth-order valence-corrected chi connectivity index (χ4v) is 12.0. The van der Waals surface area contributed by atoms with Crippen LogP contribution in [0.2, 0.25) is 0 Å². The van der Waals surface area contributed by atoms with Crippen molar-refractivity contribution in [1.29, 1.82) is 0 Å². The van der Waals surface area contributed by atoms with Crippen molar-refractivity contribution in [1.82, 2.24) is 15.5 Å². The van der Waals surface area contributed by atoms with Gasteiger partial charge in [0.05, 0.1) is 11.5 Å². The summed E-state index contributed by atoms with van der Waals surface area (Å²) < 4.78 is 0. The van der Waals surface area contributed by atoms with Crippen molar-refractivity contribution in [3.63, 3.8) is 0 Å². The Balaban J connectivity index is 1.32. The molecule has 5 heteroatoms. The Morgan fingerprint density at radius 1 is 0.878 bits per heavy atom. The predicted molar refractivity (Wildman–Crippen MR) is 167 cm³/mol. The second-order valence-corrected chi connectivity index (χ2v) is 17.5. The van der Waals surface area contributed by atoms with Crippen molar-refractivity contribution in [3.8, 4) is 0 Å². The van der Waals surface area contributed by atoms with E-state index in [9.17, 15) is 9.90 Å². The Kier molecular flexibility index (Phi) is 7.39. The van der Waals surface area contributed by atoms with E-state index in [1.54, 1.807) is 11.1 Å². The highest BCUT2D eigenvalue weighted by atomic mass is 16.3. The molecule has 1 aliphatic heterocycles. The molecule has 0 aromatic carbocycles. The molecule has 5 fully saturated rings. The summed E-state index contributed by atoms with van der Waals surface area (Å²) >= 11 is 0. The fourth-order valence-electron chi connectivity index (χ4n) is 12.0. The van der Waals surface area contributed by atoms with Crippen LogP contribution in [0.5, 0.6) is 0 Å². The third kappa shape index (κ3) is 4.44. The van der Waals surface area contributed by atoms with E-state index in [1.807, 2.05) is 0 Å². The number of rotatable bonds is 4. The summed E-state index contributed by atoms with van der Waals surface area (Å²) in [6.07, 6.45) is 12.3. The zero-order valence-electron chi connectivity index (χ0n) is 27.6. The van der Waals surface area contributed by atoms with Gasteiger partial charge >= 0.3 is 0 Å². The first-order chi connectivity index (χ1) is 19.2. The van der Waals surface area contributed by atoms with E-state index in [0.29, 0.717) is 17.7 Å². The normalized spacial score (nSPS) is 45.6. The van der Waals surface area contributed by atoms with Gasteiger partial charge in [-0.25, -0.2) is 0 Å². The highest BCUT2D eigenvalue weighted by Gasteiger charge is 2.68. The topological polar surface area (TPSA) is 64.6 Å². The number of amides is 1. The summed E-state index contributed by atoms with van der Waals surface area (Å²) in [5.74, 6) is 1.61. The molecular formula is C36H61N3O2. The first-order valence-corrected chi connectivity index (χ1v) is 17.3. The maximum atomic E-state index is 14.3. The van der Waals surface area contributed by atoms with E-state index < -0.39 is 0 Å². The number of fused-ring (bicyclic) bond motifs is 6. The largest absolute Gasteiger partial charge is 0.393 e. The van der Waals surface area contributed by atoms with E-state index in [-0.39, 0.29) is 38.6 Å². The van der Waals surface area contributed by atoms with E-state index in [2.05, 4.69) is 64.0 Å². The van der Waals surface area contributed by atoms with Crippen molar-refractivity contribution in [2.75, 3.05) is 39.3 Å². The van der Waals surface area contributed by atoms with Crippen LogP contribution in [0, 0.1) is 44.3 Å². The molecule has 0 unspecified atom stereocenters. The second kappa shape index (κ2) is 10.1. The number of nitrogens with zero attached hydrogens (tertiary/aromatic N) is 1. The third-order valence-corrected chi connectivity index (χ3v) is 14.9. The number of nitrogens with one attached hydrogen (secondary N) is 2. The molecule has 1 heterocycles. The van der Waals surface area contributed by atoms with Crippen molar-refractivity contribution in [3.05, 3.63) is 11.1 Å². The minimum Gasteiger partial charge on any atom is -0.393 e. The van der Waals surface area contributed by atoms with Gasteiger partial charge in [0.2, 0.25) is 5.91 Å². The van der Waals surface area contributed by atoms with Crippen LogP contribution in [0.15, 0.2) is 11.1 Å². The SMILES string of the molecule is CC1(C)CC[C@]2(C(=O)NCCN3CCNCC3)CC[C@]3(C)C(=C2C1)CC[C@@H]1[C@@]2(C)CC[C@H](O)C(C)(C)[C@@H]2CC[C@]13C. The standard InChI is InChI=1S/C36H61N3O2/c1-31(2)14-16-36(30(41)38-20-23-39-21-18-37-19-22-39)17-15-34(6)25(26(36)24-31)8-9-28-33(5)12-11-29(40)32(3,4)27(33)10-13-35(28,34)7/h27-29,37,40H,8-24H2,1-7H3,(H,38,41)/t27-,28+,29-,33-,34+,35+,36-/m0/s1. The summed E-state index contributed by atoms with van der Waals surface area (Å²) in [6, 6.07) is 0. The maximum Gasteiger partial charge on any atom is 0.230 e. The molecule has 0 bridgehead atoms. The van der Waals surface area contributed by atoms with Crippen molar-refractivity contribution >= 4 is 5.91 Å². The van der Waals surface area contributed by atoms with Gasteiger partial charge in [0.15, 0.2) is 0 Å². The Hall–Kier alpha value is -0.910. The van der Waals surface area contributed by atoms with Crippen molar-refractivity contribution in [2.45, 2.75) is 125 Å². The van der Waals surface area contributed by atoms with Gasteiger partial charge in [0.1, 0.15) is 0 Å². The molecule has 6 aliphatic rings. The average Bonchev–Trinajstić information content (AvgIpc) is 2.91. The highest BCUT2D eigenvalue weighted by molar-refractivity contribution is 5.87. The van der Waals surface area contributed by atoms with Gasteiger partial charge in [-0.15, -0.1) is 0 Å². The van der Waals surface area contributed by atoms with Gasteiger partial charge < -0.3 is 15.7 Å². The van der Waals surface area contributed by atoms with Crippen LogP contribution in [0.3, 0.4) is 0 Å². The van der Waals surface area contributed by atoms with E-state index in [1.165, 1.54) is 25.7 Å². The quantitative estimate of drug-likeness (QED) is 0.348. The van der Waals surface area contributed by atoms with E-state index >= 15 is 0 Å². The average molecular weight is 568 g/mol. The molecule has 41 heavy (non-hydrogen) atoms. The number of carbonyl (C=O) groups excluding carboxylic acids is 1. The number of aliphatic hydroxyl groups is 1. The van der Waals surface area contributed by atoms with Crippen LogP contribution < -0.4 is 10.6 Å². The molecule has 232 valence electrons. The molecule has 0 aromatic rings. The molecule has 6 rings (SSSR count). The lowest BCUT2D eigenvalue weighted by molar-refractivity contribution is -0.204. The predicted octanol–water partition coefficient (Wildman–Crippen LogP) is 6.31. The van der Waals surface area contributed by atoms with Gasteiger partial charge in [-0.05, 0) is 110 Å². The molecule has 0 spiro atoms. The smallest absolute Gasteiger partial charge is 0.230 e. The Labute approximate surface area is 251 Å². The van der Waals surface area contributed by atoms with E-state index in [0.717, 1.165) is 84.2 Å². The lowest BCUT2D eigenvalue weighted by Gasteiger charge is -2.71. The molecule has 1 saturated heterocycles. The van der Waals surface area contributed by atoms with Crippen molar-refractivity contribution < 1.29 is 9.90 Å². The molecule has 5 nitrogen and oxygen atoms in total. The second-order valence-electron chi connectivity index (χ2n) is 17.5. The Morgan fingerprint density at radius 3 is 2.32 bits per heavy atom. The first kappa shape index (κ1) is 30.1. The number of allylic oxidation sites excluding steroid dienone is 1. The molecule has 0 radical (unpaired) electrons. The van der Waals surface area contributed by atoms with Crippen molar-refractivity contribution in [2.24, 2.45) is 44.3 Å². The van der Waals surface area contributed by atoms with Crippen LogP contribution in [0.1, 0.15) is 119 Å². The number of hydrogen-bond donors (Lipinski definition) is 3. The minimum atomic E-state index is -0.297. The van der Waals surface area contributed by atoms with Gasteiger partial charge in [-0.3, -0.25) is 9.69 Å². The molecular weight excluding hydrogens is 506 g/mol. The fraction of sp³-hybridized carbons (Fsp3) is 0.917. The molecule has 5 aliphatic carbocycles. The Bertz CT molecular complexity index is 1070. The Morgan fingerprint density at radius 2 is 1.59 bits per heavy atom. The van der Waals surface area contributed by atoms with Gasteiger partial charge in [0, 0.05) is 39.3 Å². The summed E-state index contributed by atoms with van der Waals surface area (Å²) in [5, 5.41) is 18.0. The molecule has 7 atom stereocenters. The zero-order chi connectivity index (χ0) is 29.5. The maximum absolute atomic E-state index is 14.3. The zero-order valence-corrected chi connectivity index (χ0v) is 27.6. The van der Waals surface area contributed by atoms with Crippen LogP contribution in [0.4, 0.5) is 0 Å².